The number of halogens is 1. The number of aliphatic hydroxyl groups is 1. The SMILES string of the molecule is CCOC(=O)CC(O)(Cn1cncn1)c1ccc(Cl)cc1. The van der Waals surface area contributed by atoms with E-state index in [1.807, 2.05) is 0 Å². The maximum absolute atomic E-state index is 11.8. The third kappa shape index (κ3) is 4.03. The summed E-state index contributed by atoms with van der Waals surface area (Å²) in [7, 11) is 0. The zero-order chi connectivity index (χ0) is 15.3. The molecule has 1 heterocycles. The van der Waals surface area contributed by atoms with E-state index < -0.39 is 11.6 Å². The number of nitrogens with zero attached hydrogens (tertiary/aromatic N) is 3. The van der Waals surface area contributed by atoms with E-state index in [-0.39, 0.29) is 19.6 Å². The molecule has 21 heavy (non-hydrogen) atoms. The van der Waals surface area contributed by atoms with Crippen LogP contribution in [-0.4, -0.2) is 32.4 Å². The van der Waals surface area contributed by atoms with Gasteiger partial charge in [0.15, 0.2) is 0 Å². The molecular weight excluding hydrogens is 294 g/mol. The summed E-state index contributed by atoms with van der Waals surface area (Å²) in [5.74, 6) is -0.477. The van der Waals surface area contributed by atoms with Crippen LogP contribution in [0.1, 0.15) is 18.9 Å². The summed E-state index contributed by atoms with van der Waals surface area (Å²) in [4.78, 5) is 15.6. The van der Waals surface area contributed by atoms with Crippen LogP contribution >= 0.6 is 11.6 Å². The summed E-state index contributed by atoms with van der Waals surface area (Å²) < 4.78 is 6.40. The lowest BCUT2D eigenvalue weighted by Crippen LogP contribution is -2.35. The summed E-state index contributed by atoms with van der Waals surface area (Å²) in [5, 5.41) is 15.4. The molecule has 2 rings (SSSR count). The van der Waals surface area contributed by atoms with Gasteiger partial charge in [0.2, 0.25) is 0 Å². The van der Waals surface area contributed by atoms with Crippen LogP contribution in [0.15, 0.2) is 36.9 Å². The van der Waals surface area contributed by atoms with Crippen molar-refractivity contribution in [3.05, 3.63) is 47.5 Å². The van der Waals surface area contributed by atoms with Crippen LogP contribution in [0.4, 0.5) is 0 Å². The number of carbonyl (C=O) groups is 1. The average Bonchev–Trinajstić information content (AvgIpc) is 2.92. The van der Waals surface area contributed by atoms with Gasteiger partial charge in [-0.3, -0.25) is 4.79 Å². The maximum atomic E-state index is 11.8. The van der Waals surface area contributed by atoms with Crippen molar-refractivity contribution < 1.29 is 14.6 Å². The molecule has 112 valence electrons. The lowest BCUT2D eigenvalue weighted by molar-refractivity contribution is -0.150. The van der Waals surface area contributed by atoms with Crippen molar-refractivity contribution in [3.63, 3.8) is 0 Å². The van der Waals surface area contributed by atoms with Crippen molar-refractivity contribution in [1.29, 1.82) is 0 Å². The van der Waals surface area contributed by atoms with E-state index in [0.29, 0.717) is 10.6 Å². The van der Waals surface area contributed by atoms with E-state index in [1.54, 1.807) is 31.2 Å². The highest BCUT2D eigenvalue weighted by molar-refractivity contribution is 6.30. The van der Waals surface area contributed by atoms with Crippen LogP contribution in [0.2, 0.25) is 5.02 Å². The minimum Gasteiger partial charge on any atom is -0.466 e. The number of hydrogen-bond donors (Lipinski definition) is 1. The summed E-state index contributed by atoms with van der Waals surface area (Å²) in [6.07, 6.45) is 2.67. The molecule has 7 heteroatoms. The molecule has 1 unspecified atom stereocenters. The number of rotatable bonds is 6. The van der Waals surface area contributed by atoms with Gasteiger partial charge in [-0.1, -0.05) is 23.7 Å². The topological polar surface area (TPSA) is 77.2 Å². The van der Waals surface area contributed by atoms with Gasteiger partial charge in [0.05, 0.1) is 19.6 Å². The molecule has 0 saturated carbocycles. The Hall–Kier alpha value is -1.92. The lowest BCUT2D eigenvalue weighted by Gasteiger charge is -2.27. The third-order valence-electron chi connectivity index (χ3n) is 3.01. The van der Waals surface area contributed by atoms with E-state index in [4.69, 9.17) is 16.3 Å². The minimum atomic E-state index is -1.44. The Bertz CT molecular complexity index is 586. The molecule has 1 atom stereocenters. The fourth-order valence-corrected chi connectivity index (χ4v) is 2.17. The Morgan fingerprint density at radius 3 is 2.71 bits per heavy atom. The predicted molar refractivity (Wildman–Crippen MR) is 76.6 cm³/mol. The predicted octanol–water partition coefficient (Wildman–Crippen LogP) is 1.77. The standard InChI is InChI=1S/C14H16ClN3O3/c1-2-21-13(19)7-14(20,8-18-10-16-9-17-18)11-3-5-12(15)6-4-11/h3-6,9-10,20H,2,7-8H2,1H3. The Labute approximate surface area is 127 Å². The van der Waals surface area contributed by atoms with Gasteiger partial charge in [-0.25, -0.2) is 9.67 Å². The molecule has 0 radical (unpaired) electrons. The minimum absolute atomic E-state index is 0.0907. The summed E-state index contributed by atoms with van der Waals surface area (Å²) in [6.45, 7) is 2.07. The Balaban J connectivity index is 2.28. The van der Waals surface area contributed by atoms with Crippen LogP contribution in [0.25, 0.3) is 0 Å². The molecule has 0 fully saturated rings. The van der Waals surface area contributed by atoms with Gasteiger partial charge in [-0.05, 0) is 24.6 Å². The summed E-state index contributed by atoms with van der Waals surface area (Å²) in [6, 6.07) is 6.68. The quantitative estimate of drug-likeness (QED) is 0.823. The van der Waals surface area contributed by atoms with Crippen LogP contribution in [0, 0.1) is 0 Å². The van der Waals surface area contributed by atoms with Crippen molar-refractivity contribution in [2.45, 2.75) is 25.5 Å². The largest absolute Gasteiger partial charge is 0.466 e. The molecule has 0 spiro atoms. The first-order valence-electron chi connectivity index (χ1n) is 6.50. The first-order chi connectivity index (χ1) is 10.0. The Kier molecular flexibility index (Phi) is 4.93. The molecule has 1 aromatic heterocycles. The van der Waals surface area contributed by atoms with E-state index in [2.05, 4.69) is 10.1 Å². The van der Waals surface area contributed by atoms with Crippen molar-refractivity contribution >= 4 is 17.6 Å². The van der Waals surface area contributed by atoms with Crippen molar-refractivity contribution in [2.24, 2.45) is 0 Å². The van der Waals surface area contributed by atoms with E-state index in [0.717, 1.165) is 0 Å². The number of esters is 1. The van der Waals surface area contributed by atoms with Gasteiger partial charge in [0.1, 0.15) is 18.3 Å². The number of benzene rings is 1. The fourth-order valence-electron chi connectivity index (χ4n) is 2.04. The van der Waals surface area contributed by atoms with Crippen LogP contribution < -0.4 is 0 Å². The first-order valence-corrected chi connectivity index (χ1v) is 6.88. The average molecular weight is 310 g/mol. The van der Waals surface area contributed by atoms with Gasteiger partial charge in [-0.15, -0.1) is 0 Å². The van der Waals surface area contributed by atoms with Gasteiger partial charge >= 0.3 is 5.97 Å². The smallest absolute Gasteiger partial charge is 0.309 e. The van der Waals surface area contributed by atoms with Crippen LogP contribution in [-0.2, 0) is 21.7 Å². The highest BCUT2D eigenvalue weighted by Gasteiger charge is 2.34. The molecule has 0 bridgehead atoms. The van der Waals surface area contributed by atoms with Gasteiger partial charge < -0.3 is 9.84 Å². The lowest BCUT2D eigenvalue weighted by atomic mass is 9.90. The highest BCUT2D eigenvalue weighted by atomic mass is 35.5. The van der Waals surface area contributed by atoms with Crippen molar-refractivity contribution in [2.75, 3.05) is 6.61 Å². The zero-order valence-corrected chi connectivity index (χ0v) is 12.3. The Morgan fingerprint density at radius 2 is 2.14 bits per heavy atom. The van der Waals surface area contributed by atoms with Crippen LogP contribution in [0.3, 0.4) is 0 Å². The monoisotopic (exact) mass is 309 g/mol. The number of aromatic nitrogens is 3. The molecule has 0 aliphatic rings. The second-order valence-electron chi connectivity index (χ2n) is 4.61. The molecule has 1 N–H and O–H groups in total. The van der Waals surface area contributed by atoms with Gasteiger partial charge in [0, 0.05) is 5.02 Å². The van der Waals surface area contributed by atoms with E-state index in [1.165, 1.54) is 17.3 Å². The first kappa shape index (κ1) is 15.5. The van der Waals surface area contributed by atoms with E-state index in [9.17, 15) is 9.90 Å². The van der Waals surface area contributed by atoms with Gasteiger partial charge in [0.25, 0.3) is 0 Å². The van der Waals surface area contributed by atoms with Crippen molar-refractivity contribution in [3.8, 4) is 0 Å². The molecule has 6 nitrogen and oxygen atoms in total. The Morgan fingerprint density at radius 1 is 1.43 bits per heavy atom. The summed E-state index contributed by atoms with van der Waals surface area (Å²) >= 11 is 5.86. The highest BCUT2D eigenvalue weighted by Crippen LogP contribution is 2.28. The summed E-state index contributed by atoms with van der Waals surface area (Å²) in [5.41, 5.74) is -0.875. The molecule has 2 aromatic rings. The second kappa shape index (κ2) is 6.69. The van der Waals surface area contributed by atoms with Crippen molar-refractivity contribution in [1.82, 2.24) is 14.8 Å². The van der Waals surface area contributed by atoms with E-state index >= 15 is 0 Å². The maximum Gasteiger partial charge on any atom is 0.309 e. The zero-order valence-electron chi connectivity index (χ0n) is 11.6. The van der Waals surface area contributed by atoms with Crippen LogP contribution in [0.5, 0.6) is 0 Å². The number of ether oxygens (including phenoxy) is 1. The number of hydrogen-bond acceptors (Lipinski definition) is 5. The molecule has 0 aliphatic heterocycles. The van der Waals surface area contributed by atoms with Gasteiger partial charge in [-0.2, -0.15) is 5.10 Å². The molecule has 0 amide bonds. The number of carbonyl (C=O) groups excluding carboxylic acids is 1. The second-order valence-corrected chi connectivity index (χ2v) is 5.05. The fraction of sp³-hybridized carbons (Fsp3) is 0.357. The normalized spacial score (nSPS) is 13.7. The third-order valence-corrected chi connectivity index (χ3v) is 3.27. The molecule has 0 aliphatic carbocycles. The molecule has 1 aromatic carbocycles. The molecular formula is C14H16ClN3O3. The molecule has 0 saturated heterocycles.